The number of carboxylic acids is 1. The Bertz CT molecular complexity index is 453. The zero-order chi connectivity index (χ0) is 11.6. The number of aromatic carboxylic acids is 1. The predicted molar refractivity (Wildman–Crippen MR) is 64.3 cm³/mol. The summed E-state index contributed by atoms with van der Waals surface area (Å²) in [4.78, 5) is 14.5. The van der Waals surface area contributed by atoms with E-state index in [2.05, 4.69) is 36.1 Å². The first-order chi connectivity index (χ1) is 6.79. The minimum atomic E-state index is -1.46. The van der Waals surface area contributed by atoms with Crippen LogP contribution >= 0.6 is 22.9 Å². The van der Waals surface area contributed by atoms with Crippen LogP contribution in [0.4, 0.5) is 0 Å². The van der Waals surface area contributed by atoms with Crippen LogP contribution in [0.3, 0.4) is 0 Å². The molecular formula is C9H10ClNO2SSi. The van der Waals surface area contributed by atoms with Gasteiger partial charge in [0, 0.05) is 0 Å². The van der Waals surface area contributed by atoms with Crippen LogP contribution in [0.2, 0.25) is 24.0 Å². The fraction of sp³-hybridized carbons (Fsp3) is 0.333. The van der Waals surface area contributed by atoms with Crippen LogP contribution in [0.25, 0.3) is 0 Å². The van der Waals surface area contributed by atoms with Crippen LogP contribution in [0.1, 0.15) is 15.5 Å². The van der Waals surface area contributed by atoms with Crippen LogP contribution in [-0.2, 0) is 0 Å². The fourth-order valence-corrected chi connectivity index (χ4v) is 2.29. The van der Waals surface area contributed by atoms with Gasteiger partial charge < -0.3 is 5.11 Å². The van der Waals surface area contributed by atoms with Gasteiger partial charge in [-0.25, -0.2) is 9.78 Å². The summed E-state index contributed by atoms with van der Waals surface area (Å²) in [5.41, 5.74) is 2.99. The molecule has 0 saturated heterocycles. The van der Waals surface area contributed by atoms with Crippen molar-refractivity contribution in [2.45, 2.75) is 19.6 Å². The van der Waals surface area contributed by atoms with E-state index < -0.39 is 14.0 Å². The molecule has 0 atom stereocenters. The third-order valence-corrected chi connectivity index (χ3v) is 3.38. The number of thiazole rings is 1. The lowest BCUT2D eigenvalue weighted by atomic mass is 10.5. The van der Waals surface area contributed by atoms with Gasteiger partial charge in [0.2, 0.25) is 0 Å². The molecule has 0 saturated carbocycles. The first-order valence-corrected chi connectivity index (χ1v) is 8.92. The van der Waals surface area contributed by atoms with Crippen molar-refractivity contribution in [3.8, 4) is 11.5 Å². The van der Waals surface area contributed by atoms with E-state index in [1.165, 1.54) is 0 Å². The topological polar surface area (TPSA) is 50.2 Å². The van der Waals surface area contributed by atoms with Crippen molar-refractivity contribution in [3.05, 3.63) is 15.0 Å². The van der Waals surface area contributed by atoms with Crippen LogP contribution < -0.4 is 0 Å². The van der Waals surface area contributed by atoms with Crippen LogP contribution in [-0.4, -0.2) is 24.1 Å². The van der Waals surface area contributed by atoms with Gasteiger partial charge in [0.25, 0.3) is 0 Å². The van der Waals surface area contributed by atoms with E-state index in [0.717, 1.165) is 11.3 Å². The van der Waals surface area contributed by atoms with E-state index in [4.69, 9.17) is 16.7 Å². The van der Waals surface area contributed by atoms with Gasteiger partial charge in [0.05, 0.1) is 0 Å². The maximum atomic E-state index is 10.7. The van der Waals surface area contributed by atoms with Gasteiger partial charge in [-0.05, 0) is 5.92 Å². The highest BCUT2D eigenvalue weighted by molar-refractivity contribution is 7.16. The number of hydrogen-bond donors (Lipinski definition) is 1. The van der Waals surface area contributed by atoms with Crippen LogP contribution in [0, 0.1) is 11.5 Å². The van der Waals surface area contributed by atoms with Crippen molar-refractivity contribution in [3.63, 3.8) is 0 Å². The monoisotopic (exact) mass is 259 g/mol. The van der Waals surface area contributed by atoms with Crippen molar-refractivity contribution >= 4 is 37.0 Å². The molecule has 0 aliphatic rings. The van der Waals surface area contributed by atoms with Crippen molar-refractivity contribution < 1.29 is 9.90 Å². The lowest BCUT2D eigenvalue weighted by Gasteiger charge is -2.02. The summed E-state index contributed by atoms with van der Waals surface area (Å²) in [5.74, 6) is 1.76. The summed E-state index contributed by atoms with van der Waals surface area (Å²) in [5, 5.41) is 9.20. The number of carbonyl (C=O) groups is 1. The zero-order valence-corrected chi connectivity index (χ0v) is 11.2. The number of nitrogens with zero attached hydrogens (tertiary/aromatic N) is 1. The van der Waals surface area contributed by atoms with Crippen LogP contribution in [0.15, 0.2) is 0 Å². The first-order valence-electron chi connectivity index (χ1n) is 4.22. The quantitative estimate of drug-likeness (QED) is 0.623. The van der Waals surface area contributed by atoms with Crippen molar-refractivity contribution in [1.82, 2.24) is 4.98 Å². The second-order valence-electron chi connectivity index (χ2n) is 3.95. The fourth-order valence-electron chi connectivity index (χ4n) is 0.728. The second-order valence-corrected chi connectivity index (χ2v) is 10.3. The van der Waals surface area contributed by atoms with Gasteiger partial charge in [-0.15, -0.1) is 5.54 Å². The van der Waals surface area contributed by atoms with Gasteiger partial charge in [0.15, 0.2) is 10.7 Å². The zero-order valence-electron chi connectivity index (χ0n) is 8.59. The molecule has 0 fully saturated rings. The average Bonchev–Trinajstić information content (AvgIpc) is 2.42. The molecule has 1 aromatic heterocycles. The lowest BCUT2D eigenvalue weighted by molar-refractivity contribution is 0.0691. The third-order valence-electron chi connectivity index (χ3n) is 1.33. The molecule has 0 unspecified atom stereocenters. The van der Waals surface area contributed by atoms with Gasteiger partial charge in [-0.1, -0.05) is 42.6 Å². The Morgan fingerprint density at radius 1 is 1.53 bits per heavy atom. The first kappa shape index (κ1) is 12.2. The van der Waals surface area contributed by atoms with Crippen molar-refractivity contribution in [2.24, 2.45) is 0 Å². The van der Waals surface area contributed by atoms with E-state index in [9.17, 15) is 4.79 Å². The highest BCUT2D eigenvalue weighted by Crippen LogP contribution is 2.23. The summed E-state index contributed by atoms with van der Waals surface area (Å²) in [6, 6.07) is 0. The molecule has 0 radical (unpaired) electrons. The minimum Gasteiger partial charge on any atom is -0.476 e. The van der Waals surface area contributed by atoms with Crippen LogP contribution in [0.5, 0.6) is 0 Å². The van der Waals surface area contributed by atoms with E-state index in [1.807, 2.05) is 0 Å². The Morgan fingerprint density at radius 3 is 2.53 bits per heavy atom. The summed E-state index contributed by atoms with van der Waals surface area (Å²) < 4.78 is 0.183. The van der Waals surface area contributed by atoms with Gasteiger partial charge in [-0.3, -0.25) is 0 Å². The summed E-state index contributed by atoms with van der Waals surface area (Å²) >= 11 is 6.81. The number of halogens is 1. The van der Waals surface area contributed by atoms with E-state index in [0.29, 0.717) is 5.01 Å². The summed E-state index contributed by atoms with van der Waals surface area (Å²) in [6.07, 6.45) is 0. The minimum absolute atomic E-state index is 0.110. The number of carboxylic acid groups (broad SMARTS) is 1. The Labute approximate surface area is 98.1 Å². The van der Waals surface area contributed by atoms with Crippen molar-refractivity contribution in [1.29, 1.82) is 0 Å². The summed E-state index contributed by atoms with van der Waals surface area (Å²) in [6.45, 7) is 6.31. The average molecular weight is 260 g/mol. The molecule has 0 aromatic carbocycles. The molecule has 0 spiro atoms. The van der Waals surface area contributed by atoms with Gasteiger partial charge >= 0.3 is 5.97 Å². The molecule has 0 aliphatic heterocycles. The Hall–Kier alpha value is -0.833. The number of hydrogen-bond acceptors (Lipinski definition) is 3. The molecule has 6 heteroatoms. The molecule has 1 rings (SSSR count). The molecule has 0 aliphatic carbocycles. The molecule has 1 N–H and O–H groups in total. The second kappa shape index (κ2) is 4.35. The van der Waals surface area contributed by atoms with Gasteiger partial charge in [0.1, 0.15) is 12.4 Å². The molecular weight excluding hydrogens is 250 g/mol. The molecule has 0 bridgehead atoms. The Morgan fingerprint density at radius 2 is 2.13 bits per heavy atom. The largest absolute Gasteiger partial charge is 0.476 e. The van der Waals surface area contributed by atoms with Crippen molar-refractivity contribution in [2.75, 3.05) is 0 Å². The molecule has 0 amide bonds. The molecule has 15 heavy (non-hydrogen) atoms. The SMILES string of the molecule is C[Si](C)(C)C#Cc1nc(C(=O)O)c(Cl)s1. The normalized spacial score (nSPS) is 10.7. The molecule has 3 nitrogen and oxygen atoms in total. The smallest absolute Gasteiger partial charge is 0.357 e. The van der Waals surface area contributed by atoms with E-state index in [1.54, 1.807) is 0 Å². The highest BCUT2D eigenvalue weighted by Gasteiger charge is 2.15. The highest BCUT2D eigenvalue weighted by atomic mass is 35.5. The predicted octanol–water partition coefficient (Wildman–Crippen LogP) is 2.72. The lowest BCUT2D eigenvalue weighted by Crippen LogP contribution is -2.16. The van der Waals surface area contributed by atoms with E-state index >= 15 is 0 Å². The van der Waals surface area contributed by atoms with Gasteiger partial charge in [-0.2, -0.15) is 0 Å². The maximum absolute atomic E-state index is 10.7. The number of aromatic nitrogens is 1. The summed E-state index contributed by atoms with van der Waals surface area (Å²) in [7, 11) is -1.46. The Kier molecular flexibility index (Phi) is 3.55. The van der Waals surface area contributed by atoms with E-state index in [-0.39, 0.29) is 10.0 Å². The Balaban J connectivity index is 3.02. The maximum Gasteiger partial charge on any atom is 0.357 e. The molecule has 1 heterocycles. The number of rotatable bonds is 1. The molecule has 1 aromatic rings. The third kappa shape index (κ3) is 3.66. The molecule has 80 valence electrons. The standard InChI is InChI=1S/C9H10ClNO2SSi/c1-15(2,3)5-4-6-11-7(9(12)13)8(10)14-6/h1-3H3,(H,12,13).